The molecule has 20 heavy (non-hydrogen) atoms. The molecular weight excluding hydrogens is 246 g/mol. The van der Waals surface area contributed by atoms with E-state index in [0.29, 0.717) is 12.1 Å². The lowest BCUT2D eigenvalue weighted by Gasteiger charge is -2.22. The number of rotatable bonds is 13. The molecule has 0 amide bonds. The maximum atomic E-state index is 5.79. The molecule has 1 rings (SSSR count). The van der Waals surface area contributed by atoms with Crippen molar-refractivity contribution in [3.8, 4) is 0 Å². The minimum absolute atomic E-state index is 0.485. The van der Waals surface area contributed by atoms with E-state index in [-0.39, 0.29) is 0 Å². The van der Waals surface area contributed by atoms with Crippen LogP contribution < -0.4 is 5.32 Å². The fraction of sp³-hybridized carbons (Fsp3) is 1.00. The van der Waals surface area contributed by atoms with Crippen LogP contribution >= 0.6 is 0 Å². The molecule has 120 valence electrons. The van der Waals surface area contributed by atoms with Crippen LogP contribution in [-0.2, 0) is 4.74 Å². The molecule has 0 saturated carbocycles. The summed E-state index contributed by atoms with van der Waals surface area (Å²) in [6, 6.07) is 0.589. The number of ether oxygens (including phenoxy) is 1. The maximum Gasteiger partial charge on any atom is 0.0728 e. The molecule has 0 spiro atoms. The lowest BCUT2D eigenvalue weighted by Crippen LogP contribution is -2.37. The Balaban J connectivity index is 1.85. The first-order valence-corrected chi connectivity index (χ1v) is 9.17. The van der Waals surface area contributed by atoms with Gasteiger partial charge in [0.25, 0.3) is 0 Å². The quantitative estimate of drug-likeness (QED) is 0.477. The average Bonchev–Trinajstić information content (AvgIpc) is 2.99. The van der Waals surface area contributed by atoms with Crippen LogP contribution in [0.4, 0.5) is 0 Å². The van der Waals surface area contributed by atoms with E-state index in [4.69, 9.17) is 4.74 Å². The lowest BCUT2D eigenvalue weighted by atomic mass is 10.00. The van der Waals surface area contributed by atoms with Gasteiger partial charge in [0.1, 0.15) is 0 Å². The van der Waals surface area contributed by atoms with Gasteiger partial charge in [-0.1, -0.05) is 71.1 Å². The average molecular weight is 284 g/mol. The highest BCUT2D eigenvalue weighted by atomic mass is 16.5. The van der Waals surface area contributed by atoms with Gasteiger partial charge in [0.05, 0.1) is 6.10 Å². The van der Waals surface area contributed by atoms with E-state index in [2.05, 4.69) is 19.3 Å². The van der Waals surface area contributed by atoms with E-state index in [1.807, 2.05) is 0 Å². The molecule has 2 nitrogen and oxygen atoms in total. The van der Waals surface area contributed by atoms with E-state index in [9.17, 15) is 0 Å². The summed E-state index contributed by atoms with van der Waals surface area (Å²) in [4.78, 5) is 0. The topological polar surface area (TPSA) is 21.3 Å². The molecule has 2 atom stereocenters. The summed E-state index contributed by atoms with van der Waals surface area (Å²) in [5.41, 5.74) is 0. The van der Waals surface area contributed by atoms with Crippen LogP contribution in [-0.4, -0.2) is 25.8 Å². The summed E-state index contributed by atoms with van der Waals surface area (Å²) in [6.07, 6.45) is 18.5. The molecule has 0 aromatic heterocycles. The molecule has 2 unspecified atom stereocenters. The molecule has 0 radical (unpaired) electrons. The Morgan fingerprint density at radius 1 is 0.950 bits per heavy atom. The van der Waals surface area contributed by atoms with E-state index < -0.39 is 0 Å². The molecule has 0 bridgehead atoms. The SMILES string of the molecule is CCCCCCCCCCCCC(NC)C1CCCO1. The van der Waals surface area contributed by atoms with Gasteiger partial charge in [-0.15, -0.1) is 0 Å². The predicted molar refractivity (Wildman–Crippen MR) is 88.3 cm³/mol. The Hall–Kier alpha value is -0.0800. The van der Waals surface area contributed by atoms with Crippen molar-refractivity contribution in [1.29, 1.82) is 0 Å². The summed E-state index contributed by atoms with van der Waals surface area (Å²) in [6.45, 7) is 3.26. The van der Waals surface area contributed by atoms with Gasteiger partial charge in [0.2, 0.25) is 0 Å². The molecule has 2 heteroatoms. The maximum absolute atomic E-state index is 5.79. The van der Waals surface area contributed by atoms with Gasteiger partial charge < -0.3 is 10.1 Å². The lowest BCUT2D eigenvalue weighted by molar-refractivity contribution is 0.0772. The Bertz CT molecular complexity index is 202. The zero-order chi connectivity index (χ0) is 14.5. The minimum Gasteiger partial charge on any atom is -0.377 e. The highest BCUT2D eigenvalue weighted by Gasteiger charge is 2.23. The fourth-order valence-corrected chi connectivity index (χ4v) is 3.29. The zero-order valence-electron chi connectivity index (χ0n) is 14.0. The molecule has 0 aromatic carbocycles. The number of nitrogens with one attached hydrogen (secondary N) is 1. The smallest absolute Gasteiger partial charge is 0.0728 e. The van der Waals surface area contributed by atoms with Crippen LogP contribution in [0.15, 0.2) is 0 Å². The van der Waals surface area contributed by atoms with Crippen LogP contribution in [0, 0.1) is 0 Å². The normalized spacial score (nSPS) is 20.4. The summed E-state index contributed by atoms with van der Waals surface area (Å²) < 4.78 is 5.79. The van der Waals surface area contributed by atoms with Crippen molar-refractivity contribution >= 4 is 0 Å². The van der Waals surface area contributed by atoms with Crippen LogP contribution in [0.25, 0.3) is 0 Å². The van der Waals surface area contributed by atoms with Gasteiger partial charge in [-0.05, 0) is 26.3 Å². The first kappa shape index (κ1) is 18.0. The summed E-state index contributed by atoms with van der Waals surface area (Å²) in [5.74, 6) is 0. The molecule has 1 aliphatic heterocycles. The number of hydrogen-bond donors (Lipinski definition) is 1. The minimum atomic E-state index is 0.485. The molecule has 1 aliphatic rings. The Morgan fingerprint density at radius 2 is 1.55 bits per heavy atom. The standard InChI is InChI=1S/C18H37NO/c1-3-4-5-6-7-8-9-10-11-12-14-17(19-2)18-15-13-16-20-18/h17-19H,3-16H2,1-2H3. The predicted octanol–water partition coefficient (Wildman–Crippen LogP) is 5.06. The van der Waals surface area contributed by atoms with E-state index in [0.717, 1.165) is 6.61 Å². The van der Waals surface area contributed by atoms with Gasteiger partial charge in [0.15, 0.2) is 0 Å². The Morgan fingerprint density at radius 3 is 2.05 bits per heavy atom. The van der Waals surface area contributed by atoms with Crippen molar-refractivity contribution in [2.45, 2.75) is 103 Å². The van der Waals surface area contributed by atoms with Crippen molar-refractivity contribution in [2.75, 3.05) is 13.7 Å². The molecule has 1 fully saturated rings. The molecule has 0 aromatic rings. The van der Waals surface area contributed by atoms with Crippen molar-refractivity contribution in [3.05, 3.63) is 0 Å². The van der Waals surface area contributed by atoms with Crippen molar-refractivity contribution in [2.24, 2.45) is 0 Å². The van der Waals surface area contributed by atoms with E-state index in [1.165, 1.54) is 83.5 Å². The molecule has 1 N–H and O–H groups in total. The van der Waals surface area contributed by atoms with Gasteiger partial charge in [-0.3, -0.25) is 0 Å². The van der Waals surface area contributed by atoms with Gasteiger partial charge in [-0.25, -0.2) is 0 Å². The van der Waals surface area contributed by atoms with Gasteiger partial charge in [-0.2, -0.15) is 0 Å². The zero-order valence-corrected chi connectivity index (χ0v) is 14.0. The third kappa shape index (κ3) is 8.26. The van der Waals surface area contributed by atoms with Crippen molar-refractivity contribution in [1.82, 2.24) is 5.32 Å². The van der Waals surface area contributed by atoms with Crippen LogP contribution in [0.1, 0.15) is 90.4 Å². The first-order valence-electron chi connectivity index (χ1n) is 9.17. The molecule has 1 heterocycles. The Labute approximate surface area is 127 Å². The fourth-order valence-electron chi connectivity index (χ4n) is 3.29. The first-order chi connectivity index (χ1) is 9.88. The number of hydrogen-bond acceptors (Lipinski definition) is 2. The van der Waals surface area contributed by atoms with Gasteiger partial charge >= 0.3 is 0 Å². The number of likely N-dealkylation sites (N-methyl/N-ethyl adjacent to an activating group) is 1. The van der Waals surface area contributed by atoms with E-state index >= 15 is 0 Å². The second-order valence-electron chi connectivity index (χ2n) is 6.42. The van der Waals surface area contributed by atoms with E-state index in [1.54, 1.807) is 0 Å². The van der Waals surface area contributed by atoms with Gasteiger partial charge in [0, 0.05) is 12.6 Å². The van der Waals surface area contributed by atoms with Crippen LogP contribution in [0.3, 0.4) is 0 Å². The van der Waals surface area contributed by atoms with Crippen molar-refractivity contribution in [3.63, 3.8) is 0 Å². The molecule has 0 aliphatic carbocycles. The van der Waals surface area contributed by atoms with Crippen LogP contribution in [0.5, 0.6) is 0 Å². The number of unbranched alkanes of at least 4 members (excludes halogenated alkanes) is 9. The largest absolute Gasteiger partial charge is 0.377 e. The van der Waals surface area contributed by atoms with Crippen molar-refractivity contribution < 1.29 is 4.74 Å². The third-order valence-electron chi connectivity index (χ3n) is 4.65. The molecule has 1 saturated heterocycles. The highest BCUT2D eigenvalue weighted by molar-refractivity contribution is 4.79. The Kier molecular flexibility index (Phi) is 11.4. The summed E-state index contributed by atoms with van der Waals surface area (Å²) >= 11 is 0. The molecular formula is C18H37NO. The summed E-state index contributed by atoms with van der Waals surface area (Å²) in [7, 11) is 2.09. The highest BCUT2D eigenvalue weighted by Crippen LogP contribution is 2.20. The second-order valence-corrected chi connectivity index (χ2v) is 6.42. The monoisotopic (exact) mass is 283 g/mol. The third-order valence-corrected chi connectivity index (χ3v) is 4.65. The second kappa shape index (κ2) is 12.6. The summed E-state index contributed by atoms with van der Waals surface area (Å²) in [5, 5.41) is 3.45. The van der Waals surface area contributed by atoms with Crippen LogP contribution in [0.2, 0.25) is 0 Å².